The van der Waals surface area contributed by atoms with Crippen LogP contribution in [-0.4, -0.2) is 35.0 Å². The molecular formula is C13H16BrNO3S. The highest BCUT2D eigenvalue weighted by atomic mass is 79.9. The van der Waals surface area contributed by atoms with E-state index in [1.165, 1.54) is 0 Å². The first-order valence-corrected chi connectivity index (χ1v) is 7.83. The first kappa shape index (κ1) is 14.5. The van der Waals surface area contributed by atoms with E-state index in [-0.39, 0.29) is 17.7 Å². The monoisotopic (exact) mass is 345 g/mol. The number of hydrogen-bond acceptors (Lipinski definition) is 3. The van der Waals surface area contributed by atoms with Crippen LogP contribution in [0.1, 0.15) is 18.2 Å². The second kappa shape index (κ2) is 6.05. The van der Waals surface area contributed by atoms with Gasteiger partial charge in [0.1, 0.15) is 0 Å². The molecule has 1 aromatic rings. The molecule has 0 aliphatic carbocycles. The van der Waals surface area contributed by atoms with Crippen molar-refractivity contribution < 1.29 is 14.7 Å². The minimum absolute atomic E-state index is 0.0188. The number of nitrogens with zero attached hydrogens (tertiary/aromatic N) is 1. The molecule has 1 aliphatic rings. The van der Waals surface area contributed by atoms with Crippen LogP contribution < -0.4 is 0 Å². The highest BCUT2D eigenvalue weighted by Crippen LogP contribution is 2.26. The smallest absolute Gasteiger partial charge is 0.306 e. The van der Waals surface area contributed by atoms with Gasteiger partial charge in [-0.05, 0) is 40.4 Å². The fourth-order valence-corrected chi connectivity index (χ4v) is 3.92. The van der Waals surface area contributed by atoms with Gasteiger partial charge in [0.25, 0.3) is 0 Å². The molecule has 4 nitrogen and oxygen atoms in total. The summed E-state index contributed by atoms with van der Waals surface area (Å²) in [6.07, 6.45) is 0.955. The summed E-state index contributed by atoms with van der Waals surface area (Å²) in [6.45, 7) is 3.00. The fraction of sp³-hybridized carbons (Fsp3) is 0.538. The molecule has 1 N–H and O–H groups in total. The zero-order valence-corrected chi connectivity index (χ0v) is 13.0. The molecule has 1 saturated heterocycles. The van der Waals surface area contributed by atoms with E-state index in [0.29, 0.717) is 25.9 Å². The molecular weight excluding hydrogens is 330 g/mol. The van der Waals surface area contributed by atoms with Gasteiger partial charge in [0.05, 0.1) is 16.1 Å². The van der Waals surface area contributed by atoms with Gasteiger partial charge in [-0.3, -0.25) is 9.59 Å². The molecule has 104 valence electrons. The molecule has 2 heterocycles. The number of carbonyl (C=O) groups is 2. The van der Waals surface area contributed by atoms with Gasteiger partial charge in [0, 0.05) is 18.0 Å². The van der Waals surface area contributed by atoms with Crippen LogP contribution in [0.2, 0.25) is 0 Å². The quantitative estimate of drug-likeness (QED) is 0.915. The summed E-state index contributed by atoms with van der Waals surface area (Å²) in [7, 11) is 0. The minimum atomic E-state index is -0.748. The molecule has 0 spiro atoms. The number of likely N-dealkylation sites (tertiary alicyclic amines) is 1. The van der Waals surface area contributed by atoms with Gasteiger partial charge in [0.2, 0.25) is 5.91 Å². The van der Waals surface area contributed by atoms with Gasteiger partial charge in [-0.1, -0.05) is 6.92 Å². The molecule has 1 amide bonds. The van der Waals surface area contributed by atoms with Crippen LogP contribution in [0.5, 0.6) is 0 Å². The minimum Gasteiger partial charge on any atom is -0.481 e. The molecule has 2 unspecified atom stereocenters. The van der Waals surface area contributed by atoms with Crippen molar-refractivity contribution in [3.05, 3.63) is 20.8 Å². The van der Waals surface area contributed by atoms with Gasteiger partial charge in [-0.25, -0.2) is 0 Å². The average Bonchev–Trinajstić information content (AvgIpc) is 2.74. The lowest BCUT2D eigenvalue weighted by Gasteiger charge is -2.34. The maximum absolute atomic E-state index is 12.2. The fourth-order valence-electron chi connectivity index (χ4n) is 2.45. The van der Waals surface area contributed by atoms with Crippen molar-refractivity contribution in [1.29, 1.82) is 0 Å². The number of piperidine rings is 1. The van der Waals surface area contributed by atoms with Crippen molar-refractivity contribution in [3.63, 3.8) is 0 Å². The predicted molar refractivity (Wildman–Crippen MR) is 77.2 cm³/mol. The van der Waals surface area contributed by atoms with Gasteiger partial charge in [-0.2, -0.15) is 0 Å². The van der Waals surface area contributed by atoms with E-state index in [4.69, 9.17) is 5.11 Å². The van der Waals surface area contributed by atoms with Crippen molar-refractivity contribution in [2.45, 2.75) is 19.8 Å². The summed E-state index contributed by atoms with van der Waals surface area (Å²) in [4.78, 5) is 26.0. The highest BCUT2D eigenvalue weighted by molar-refractivity contribution is 9.11. The third-order valence-corrected chi connectivity index (χ3v) is 5.15. The lowest BCUT2D eigenvalue weighted by atomic mass is 9.87. The zero-order valence-electron chi connectivity index (χ0n) is 10.6. The third-order valence-electron chi connectivity index (χ3n) is 3.53. The normalized spacial score (nSPS) is 23.4. The van der Waals surface area contributed by atoms with Crippen LogP contribution in [0.25, 0.3) is 0 Å². The second-order valence-electron chi connectivity index (χ2n) is 4.93. The maximum Gasteiger partial charge on any atom is 0.306 e. The molecule has 2 rings (SSSR count). The van der Waals surface area contributed by atoms with Crippen LogP contribution in [0, 0.1) is 11.8 Å². The molecule has 1 fully saturated rings. The Hall–Kier alpha value is -0.880. The number of thiophene rings is 1. The average molecular weight is 346 g/mol. The van der Waals surface area contributed by atoms with Gasteiger partial charge < -0.3 is 10.0 Å². The lowest BCUT2D eigenvalue weighted by molar-refractivity contribution is -0.148. The van der Waals surface area contributed by atoms with Crippen molar-refractivity contribution in [2.24, 2.45) is 11.8 Å². The van der Waals surface area contributed by atoms with Gasteiger partial charge >= 0.3 is 5.97 Å². The Kier molecular flexibility index (Phi) is 4.62. The number of hydrogen-bond donors (Lipinski definition) is 1. The summed E-state index contributed by atoms with van der Waals surface area (Å²) >= 11 is 4.94. The molecule has 19 heavy (non-hydrogen) atoms. The standard InChI is InChI=1S/C13H16BrNO3S/c1-8-7-15(5-4-10(8)13(17)18)12(16)6-9-2-3-11(14)19-9/h2-3,8,10H,4-7H2,1H3,(H,17,18). The largest absolute Gasteiger partial charge is 0.481 e. The summed E-state index contributed by atoms with van der Waals surface area (Å²) in [6, 6.07) is 3.88. The Morgan fingerprint density at radius 2 is 2.26 bits per heavy atom. The van der Waals surface area contributed by atoms with Crippen molar-refractivity contribution in [3.8, 4) is 0 Å². The van der Waals surface area contributed by atoms with E-state index in [9.17, 15) is 9.59 Å². The SMILES string of the molecule is CC1CN(C(=O)Cc2ccc(Br)s2)CCC1C(=O)O. The molecule has 2 atom stereocenters. The third kappa shape index (κ3) is 3.57. The summed E-state index contributed by atoms with van der Waals surface area (Å²) < 4.78 is 1.02. The molecule has 0 bridgehead atoms. The van der Waals surface area contributed by atoms with Crippen LogP contribution in [0.4, 0.5) is 0 Å². The number of carboxylic acids is 1. The van der Waals surface area contributed by atoms with Crippen LogP contribution in [0.15, 0.2) is 15.9 Å². The van der Waals surface area contributed by atoms with Gasteiger partial charge in [0.15, 0.2) is 0 Å². The van der Waals surface area contributed by atoms with Crippen molar-refractivity contribution in [2.75, 3.05) is 13.1 Å². The molecule has 0 aromatic carbocycles. The Balaban J connectivity index is 1.93. The Bertz CT molecular complexity index is 488. The first-order valence-electron chi connectivity index (χ1n) is 6.22. The molecule has 0 saturated carbocycles. The van der Waals surface area contributed by atoms with Crippen molar-refractivity contribution >= 4 is 39.1 Å². The second-order valence-corrected chi connectivity index (χ2v) is 7.48. The topological polar surface area (TPSA) is 57.6 Å². The van der Waals surface area contributed by atoms with E-state index >= 15 is 0 Å². The molecule has 0 radical (unpaired) electrons. The maximum atomic E-state index is 12.2. The number of carbonyl (C=O) groups excluding carboxylic acids is 1. The number of halogens is 1. The summed E-state index contributed by atoms with van der Waals surface area (Å²) in [5.74, 6) is -0.961. The Morgan fingerprint density at radius 3 is 2.79 bits per heavy atom. The van der Waals surface area contributed by atoms with E-state index in [2.05, 4.69) is 15.9 Å². The van der Waals surface area contributed by atoms with Crippen molar-refractivity contribution in [1.82, 2.24) is 4.90 Å². The van der Waals surface area contributed by atoms with Crippen LogP contribution in [-0.2, 0) is 16.0 Å². The van der Waals surface area contributed by atoms with E-state index < -0.39 is 5.97 Å². The lowest BCUT2D eigenvalue weighted by Crippen LogP contribution is -2.45. The molecule has 1 aromatic heterocycles. The zero-order chi connectivity index (χ0) is 14.0. The summed E-state index contributed by atoms with van der Waals surface area (Å²) in [5.41, 5.74) is 0. The van der Waals surface area contributed by atoms with Crippen LogP contribution >= 0.6 is 27.3 Å². The Morgan fingerprint density at radius 1 is 1.53 bits per heavy atom. The van der Waals surface area contributed by atoms with Crippen LogP contribution in [0.3, 0.4) is 0 Å². The van der Waals surface area contributed by atoms with E-state index in [1.807, 2.05) is 19.1 Å². The van der Waals surface area contributed by atoms with E-state index in [0.717, 1.165) is 8.66 Å². The number of aliphatic carboxylic acids is 1. The molecule has 6 heteroatoms. The van der Waals surface area contributed by atoms with Gasteiger partial charge in [-0.15, -0.1) is 11.3 Å². The molecule has 1 aliphatic heterocycles. The Labute approximate surface area is 124 Å². The first-order chi connectivity index (χ1) is 8.97. The van der Waals surface area contributed by atoms with E-state index in [1.54, 1.807) is 16.2 Å². The predicted octanol–water partition coefficient (Wildman–Crippen LogP) is 2.62. The summed E-state index contributed by atoms with van der Waals surface area (Å²) in [5, 5.41) is 9.06. The number of amides is 1. The highest BCUT2D eigenvalue weighted by Gasteiger charge is 2.32. The number of rotatable bonds is 3. The number of carboxylic acid groups (broad SMARTS) is 1.